The molecule has 1 saturated carbocycles. The summed E-state index contributed by atoms with van der Waals surface area (Å²) in [5, 5.41) is 10.8. The number of hydrogen-bond acceptors (Lipinski definition) is 4. The van der Waals surface area contributed by atoms with E-state index in [1.807, 2.05) is 4.90 Å². The van der Waals surface area contributed by atoms with Gasteiger partial charge in [0.1, 0.15) is 5.82 Å². The zero-order chi connectivity index (χ0) is 13.1. The van der Waals surface area contributed by atoms with Gasteiger partial charge in [0.2, 0.25) is 0 Å². The van der Waals surface area contributed by atoms with Crippen molar-refractivity contribution in [2.75, 3.05) is 18.9 Å². The van der Waals surface area contributed by atoms with Crippen molar-refractivity contribution >= 4 is 11.7 Å². The van der Waals surface area contributed by atoms with Crippen LogP contribution in [0.2, 0.25) is 0 Å². The topological polar surface area (TPSA) is 58.1 Å². The molecule has 0 spiro atoms. The highest BCUT2D eigenvalue weighted by Gasteiger charge is 2.33. The van der Waals surface area contributed by atoms with Crippen molar-refractivity contribution in [2.24, 2.45) is 5.92 Å². The normalized spacial score (nSPS) is 14.7. The number of amides is 1. The maximum absolute atomic E-state index is 12.4. The molecule has 0 aromatic carbocycles. The summed E-state index contributed by atoms with van der Waals surface area (Å²) < 4.78 is 0. The van der Waals surface area contributed by atoms with E-state index in [0.29, 0.717) is 23.5 Å². The van der Waals surface area contributed by atoms with Gasteiger partial charge in [0.05, 0.1) is 0 Å². The van der Waals surface area contributed by atoms with Gasteiger partial charge in [-0.25, -0.2) is 0 Å². The summed E-state index contributed by atoms with van der Waals surface area (Å²) in [6.07, 6.45) is 2.22. The van der Waals surface area contributed by atoms with Crippen LogP contribution < -0.4 is 5.32 Å². The van der Waals surface area contributed by atoms with Crippen LogP contribution in [0.5, 0.6) is 0 Å². The largest absolute Gasteiger partial charge is 0.372 e. The lowest BCUT2D eigenvalue weighted by atomic mass is 10.2. The van der Waals surface area contributed by atoms with Crippen molar-refractivity contribution < 1.29 is 4.79 Å². The van der Waals surface area contributed by atoms with Crippen LogP contribution in [0.25, 0.3) is 0 Å². The van der Waals surface area contributed by atoms with E-state index in [1.165, 1.54) is 0 Å². The first-order valence-corrected chi connectivity index (χ1v) is 6.44. The van der Waals surface area contributed by atoms with Crippen molar-refractivity contribution in [1.82, 2.24) is 15.1 Å². The Bertz CT molecular complexity index is 412. The van der Waals surface area contributed by atoms with Crippen LogP contribution in [0.4, 0.5) is 5.82 Å². The van der Waals surface area contributed by atoms with Gasteiger partial charge < -0.3 is 10.2 Å². The van der Waals surface area contributed by atoms with Gasteiger partial charge in [-0.1, -0.05) is 13.8 Å². The summed E-state index contributed by atoms with van der Waals surface area (Å²) >= 11 is 0. The molecule has 0 atom stereocenters. The Hall–Kier alpha value is -1.65. The van der Waals surface area contributed by atoms with E-state index in [2.05, 4.69) is 29.4 Å². The molecule has 5 heteroatoms. The highest BCUT2D eigenvalue weighted by molar-refractivity contribution is 5.92. The quantitative estimate of drug-likeness (QED) is 0.863. The molecule has 0 bridgehead atoms. The van der Waals surface area contributed by atoms with Gasteiger partial charge in [-0.2, -0.15) is 0 Å². The number of carbonyl (C=O) groups excluding carboxylic acids is 1. The van der Waals surface area contributed by atoms with Gasteiger partial charge in [-0.05, 0) is 30.9 Å². The highest BCUT2D eigenvalue weighted by Crippen LogP contribution is 2.28. The van der Waals surface area contributed by atoms with Crippen LogP contribution in [-0.2, 0) is 0 Å². The van der Waals surface area contributed by atoms with Gasteiger partial charge in [0.25, 0.3) is 5.91 Å². The summed E-state index contributed by atoms with van der Waals surface area (Å²) in [4.78, 5) is 14.3. The van der Waals surface area contributed by atoms with E-state index in [9.17, 15) is 4.79 Å². The predicted molar refractivity (Wildman–Crippen MR) is 70.5 cm³/mol. The Kier molecular flexibility index (Phi) is 3.79. The monoisotopic (exact) mass is 248 g/mol. The fourth-order valence-electron chi connectivity index (χ4n) is 1.90. The minimum absolute atomic E-state index is 0.00125. The molecular weight excluding hydrogens is 228 g/mol. The van der Waals surface area contributed by atoms with Gasteiger partial charge in [0.15, 0.2) is 5.69 Å². The second kappa shape index (κ2) is 5.33. The molecule has 1 aliphatic carbocycles. The molecule has 1 fully saturated rings. The second-order valence-electron chi connectivity index (χ2n) is 5.14. The number of nitrogens with one attached hydrogen (secondary N) is 1. The summed E-state index contributed by atoms with van der Waals surface area (Å²) in [6.45, 7) is 5.04. The molecule has 1 aliphatic rings. The maximum Gasteiger partial charge on any atom is 0.274 e. The van der Waals surface area contributed by atoms with Crippen LogP contribution >= 0.6 is 0 Å². The smallest absolute Gasteiger partial charge is 0.274 e. The first kappa shape index (κ1) is 12.8. The fraction of sp³-hybridized carbons (Fsp3) is 0.615. The molecule has 2 rings (SSSR count). The zero-order valence-electron chi connectivity index (χ0n) is 11.2. The highest BCUT2D eigenvalue weighted by atomic mass is 16.2. The zero-order valence-corrected chi connectivity index (χ0v) is 11.2. The fourth-order valence-corrected chi connectivity index (χ4v) is 1.90. The Balaban J connectivity index is 2.11. The van der Waals surface area contributed by atoms with Crippen LogP contribution in [0.1, 0.15) is 37.2 Å². The van der Waals surface area contributed by atoms with E-state index in [4.69, 9.17) is 0 Å². The predicted octanol–water partition coefficient (Wildman–Crippen LogP) is 1.78. The molecule has 1 heterocycles. The van der Waals surface area contributed by atoms with Crippen molar-refractivity contribution in [3.63, 3.8) is 0 Å². The Morgan fingerprint density at radius 2 is 2.17 bits per heavy atom. The standard InChI is InChI=1S/C13H20N4O/c1-9(2)8-17(10-4-5-10)13(18)11-6-7-12(14-3)16-15-11/h6-7,9-10H,4-5,8H2,1-3H3,(H,14,16). The average Bonchev–Trinajstić information content (AvgIpc) is 3.19. The molecule has 1 aromatic heterocycles. The van der Waals surface area contributed by atoms with E-state index >= 15 is 0 Å². The SMILES string of the molecule is CNc1ccc(C(=O)N(CC(C)C)C2CC2)nn1. The number of carbonyl (C=O) groups is 1. The summed E-state index contributed by atoms with van der Waals surface area (Å²) in [6, 6.07) is 3.92. The number of anilines is 1. The van der Waals surface area contributed by atoms with Crippen molar-refractivity contribution in [3.8, 4) is 0 Å². The molecule has 0 unspecified atom stereocenters. The van der Waals surface area contributed by atoms with Crippen LogP contribution in [0.15, 0.2) is 12.1 Å². The molecule has 0 aliphatic heterocycles. The van der Waals surface area contributed by atoms with Crippen molar-refractivity contribution in [1.29, 1.82) is 0 Å². The Labute approximate surface area is 108 Å². The number of nitrogens with zero attached hydrogens (tertiary/aromatic N) is 3. The van der Waals surface area contributed by atoms with Crippen LogP contribution in [-0.4, -0.2) is 40.6 Å². The van der Waals surface area contributed by atoms with E-state index < -0.39 is 0 Å². The molecule has 98 valence electrons. The molecule has 0 radical (unpaired) electrons. The van der Waals surface area contributed by atoms with Gasteiger partial charge in [-0.15, -0.1) is 10.2 Å². The Morgan fingerprint density at radius 3 is 2.61 bits per heavy atom. The Morgan fingerprint density at radius 1 is 1.44 bits per heavy atom. The second-order valence-corrected chi connectivity index (χ2v) is 5.14. The molecule has 1 aromatic rings. The number of hydrogen-bond donors (Lipinski definition) is 1. The summed E-state index contributed by atoms with van der Waals surface area (Å²) in [5.74, 6) is 1.15. The van der Waals surface area contributed by atoms with Gasteiger partial charge >= 0.3 is 0 Å². The lowest BCUT2D eigenvalue weighted by molar-refractivity contribution is 0.0715. The molecule has 1 N–H and O–H groups in total. The van der Waals surface area contributed by atoms with Crippen molar-refractivity contribution in [3.05, 3.63) is 17.8 Å². The first-order valence-electron chi connectivity index (χ1n) is 6.44. The van der Waals surface area contributed by atoms with Gasteiger partial charge in [-0.3, -0.25) is 4.79 Å². The lowest BCUT2D eigenvalue weighted by Crippen LogP contribution is -2.36. The summed E-state index contributed by atoms with van der Waals surface area (Å²) in [5.41, 5.74) is 0.432. The van der Waals surface area contributed by atoms with Crippen LogP contribution in [0, 0.1) is 5.92 Å². The molecule has 18 heavy (non-hydrogen) atoms. The third-order valence-corrected chi connectivity index (χ3v) is 2.95. The average molecular weight is 248 g/mol. The molecule has 5 nitrogen and oxygen atoms in total. The van der Waals surface area contributed by atoms with Crippen LogP contribution in [0.3, 0.4) is 0 Å². The van der Waals surface area contributed by atoms with E-state index in [-0.39, 0.29) is 5.91 Å². The molecule has 1 amide bonds. The van der Waals surface area contributed by atoms with E-state index in [1.54, 1.807) is 19.2 Å². The lowest BCUT2D eigenvalue weighted by Gasteiger charge is -2.23. The summed E-state index contributed by atoms with van der Waals surface area (Å²) in [7, 11) is 1.78. The molecular formula is C13H20N4O. The minimum atomic E-state index is 0.00125. The maximum atomic E-state index is 12.4. The van der Waals surface area contributed by atoms with Gasteiger partial charge in [0, 0.05) is 19.6 Å². The third-order valence-electron chi connectivity index (χ3n) is 2.95. The third kappa shape index (κ3) is 2.97. The van der Waals surface area contributed by atoms with E-state index in [0.717, 1.165) is 19.4 Å². The number of aromatic nitrogens is 2. The first-order chi connectivity index (χ1) is 8.61. The van der Waals surface area contributed by atoms with Crippen molar-refractivity contribution in [2.45, 2.75) is 32.7 Å². The minimum Gasteiger partial charge on any atom is -0.372 e. The molecule has 0 saturated heterocycles. The number of rotatable bonds is 5.